The fourth-order valence-electron chi connectivity index (χ4n) is 3.42. The first-order valence-electron chi connectivity index (χ1n) is 8.13. The maximum absolute atomic E-state index is 12.7. The molecule has 1 aromatic heterocycles. The fourth-order valence-corrected chi connectivity index (χ4v) is 6.59. The number of sulfonamides is 1. The Hall–Kier alpha value is -1.45. The van der Waals surface area contributed by atoms with E-state index in [9.17, 15) is 18.3 Å². The molecule has 2 heterocycles. The van der Waals surface area contributed by atoms with Gasteiger partial charge in [-0.1, -0.05) is 17.7 Å². The summed E-state index contributed by atoms with van der Waals surface area (Å²) in [6.07, 6.45) is 1.60. The predicted molar refractivity (Wildman–Crippen MR) is 99.1 cm³/mol. The van der Waals surface area contributed by atoms with Crippen LogP contribution in [0.25, 0.3) is 0 Å². The Morgan fingerprint density at radius 3 is 2.92 bits per heavy atom. The minimum Gasteiger partial charge on any atom is -0.384 e. The van der Waals surface area contributed by atoms with Crippen LogP contribution < -0.4 is 10.0 Å². The topological polar surface area (TPSA) is 95.5 Å². The maximum Gasteiger partial charge on any atom is 0.261 e. The molecule has 0 bridgehead atoms. The van der Waals surface area contributed by atoms with Crippen LogP contribution in [0.5, 0.6) is 0 Å². The SMILES string of the molecule is CC1(O)CNS(=O)(=O)c2sc(C(=O)NC3CCc4cc(Cl)ccc43)cc21. The molecule has 9 heteroatoms. The van der Waals surface area contributed by atoms with Crippen molar-refractivity contribution in [2.24, 2.45) is 0 Å². The molecule has 26 heavy (non-hydrogen) atoms. The third-order valence-corrected chi connectivity index (χ3v) is 8.14. The zero-order valence-corrected chi connectivity index (χ0v) is 16.3. The fraction of sp³-hybridized carbons (Fsp3) is 0.353. The van der Waals surface area contributed by atoms with Crippen LogP contribution in [-0.4, -0.2) is 26.0 Å². The van der Waals surface area contributed by atoms with Gasteiger partial charge in [0, 0.05) is 17.1 Å². The quantitative estimate of drug-likeness (QED) is 0.705. The minimum atomic E-state index is -3.69. The molecule has 0 spiro atoms. The largest absolute Gasteiger partial charge is 0.384 e. The van der Waals surface area contributed by atoms with Crippen LogP contribution in [0.2, 0.25) is 5.02 Å². The van der Waals surface area contributed by atoms with Crippen molar-refractivity contribution in [1.82, 2.24) is 10.0 Å². The predicted octanol–water partition coefficient (Wildman–Crippen LogP) is 2.32. The van der Waals surface area contributed by atoms with E-state index in [4.69, 9.17) is 11.6 Å². The van der Waals surface area contributed by atoms with Crippen molar-refractivity contribution in [3.8, 4) is 0 Å². The number of aryl methyl sites for hydroxylation is 1. The van der Waals surface area contributed by atoms with Crippen LogP contribution in [0.3, 0.4) is 0 Å². The van der Waals surface area contributed by atoms with Gasteiger partial charge in [-0.25, -0.2) is 13.1 Å². The van der Waals surface area contributed by atoms with Crippen molar-refractivity contribution >= 4 is 38.9 Å². The van der Waals surface area contributed by atoms with Crippen molar-refractivity contribution in [2.75, 3.05) is 6.54 Å². The van der Waals surface area contributed by atoms with Gasteiger partial charge in [0.1, 0.15) is 9.81 Å². The number of carbonyl (C=O) groups excluding carboxylic acids is 1. The van der Waals surface area contributed by atoms with E-state index in [-0.39, 0.29) is 33.1 Å². The summed E-state index contributed by atoms with van der Waals surface area (Å²) < 4.78 is 26.7. The molecule has 2 atom stereocenters. The number of hydrogen-bond acceptors (Lipinski definition) is 5. The maximum atomic E-state index is 12.7. The molecule has 0 saturated carbocycles. The van der Waals surface area contributed by atoms with Crippen LogP contribution in [-0.2, 0) is 22.0 Å². The Morgan fingerprint density at radius 1 is 1.42 bits per heavy atom. The summed E-state index contributed by atoms with van der Waals surface area (Å²) in [6, 6.07) is 6.95. The summed E-state index contributed by atoms with van der Waals surface area (Å²) >= 11 is 6.89. The summed E-state index contributed by atoms with van der Waals surface area (Å²) in [4.78, 5) is 13.0. The van der Waals surface area contributed by atoms with Gasteiger partial charge in [0.05, 0.1) is 10.9 Å². The van der Waals surface area contributed by atoms with Crippen LogP contribution in [0, 0.1) is 0 Å². The van der Waals surface area contributed by atoms with Gasteiger partial charge in [-0.3, -0.25) is 4.79 Å². The first kappa shape index (κ1) is 17.9. The Morgan fingerprint density at radius 2 is 2.19 bits per heavy atom. The number of thiophene rings is 1. The lowest BCUT2D eigenvalue weighted by atomic mass is 9.99. The summed E-state index contributed by atoms with van der Waals surface area (Å²) in [7, 11) is -3.69. The van der Waals surface area contributed by atoms with E-state index in [1.807, 2.05) is 12.1 Å². The van der Waals surface area contributed by atoms with Gasteiger partial charge in [-0.2, -0.15) is 0 Å². The number of halogens is 1. The molecule has 2 unspecified atom stereocenters. The van der Waals surface area contributed by atoms with Crippen molar-refractivity contribution in [2.45, 2.75) is 35.6 Å². The number of carbonyl (C=O) groups is 1. The average Bonchev–Trinajstić information content (AvgIpc) is 3.18. The molecule has 1 aliphatic carbocycles. The van der Waals surface area contributed by atoms with Gasteiger partial charge in [0.25, 0.3) is 15.9 Å². The second kappa shape index (κ2) is 6.03. The van der Waals surface area contributed by atoms with E-state index >= 15 is 0 Å². The highest BCUT2D eigenvalue weighted by molar-refractivity contribution is 7.91. The van der Waals surface area contributed by atoms with Gasteiger partial charge < -0.3 is 10.4 Å². The van der Waals surface area contributed by atoms with E-state index in [2.05, 4.69) is 10.0 Å². The number of hydrogen-bond donors (Lipinski definition) is 3. The summed E-state index contributed by atoms with van der Waals surface area (Å²) in [5.41, 5.74) is 1.07. The molecule has 6 nitrogen and oxygen atoms in total. The number of rotatable bonds is 2. The average molecular weight is 413 g/mol. The Balaban J connectivity index is 1.62. The zero-order chi connectivity index (χ0) is 18.7. The molecule has 2 aliphatic rings. The number of β-amino-alcohol motifs (C(OH)–C–C–N with tert-alkyl or cyclic N) is 1. The van der Waals surface area contributed by atoms with Crippen LogP contribution in [0.4, 0.5) is 0 Å². The van der Waals surface area contributed by atoms with Gasteiger partial charge in [-0.15, -0.1) is 11.3 Å². The first-order chi connectivity index (χ1) is 12.2. The Bertz CT molecular complexity index is 1010. The molecule has 1 amide bonds. The minimum absolute atomic E-state index is 0.00231. The third-order valence-electron chi connectivity index (χ3n) is 4.84. The zero-order valence-electron chi connectivity index (χ0n) is 13.9. The molecular formula is C17H17ClN2O4S2. The van der Waals surface area contributed by atoms with E-state index in [0.29, 0.717) is 5.02 Å². The van der Waals surface area contributed by atoms with Crippen molar-refractivity contribution in [1.29, 1.82) is 0 Å². The number of amides is 1. The summed E-state index contributed by atoms with van der Waals surface area (Å²) in [6.45, 7) is 1.41. The summed E-state index contributed by atoms with van der Waals surface area (Å²) in [5, 5.41) is 14.1. The molecule has 2 aromatic rings. The molecule has 3 N–H and O–H groups in total. The number of aliphatic hydroxyl groups is 1. The monoisotopic (exact) mass is 412 g/mol. The lowest BCUT2D eigenvalue weighted by molar-refractivity contribution is 0.0577. The van der Waals surface area contributed by atoms with Crippen molar-refractivity contribution < 1.29 is 18.3 Å². The number of benzene rings is 1. The first-order valence-corrected chi connectivity index (χ1v) is 10.8. The molecule has 138 valence electrons. The van der Waals surface area contributed by atoms with E-state index in [0.717, 1.165) is 35.3 Å². The van der Waals surface area contributed by atoms with E-state index in [1.165, 1.54) is 13.0 Å². The lowest BCUT2D eigenvalue weighted by Gasteiger charge is -2.28. The van der Waals surface area contributed by atoms with Crippen LogP contribution in [0.1, 0.15) is 45.7 Å². The molecule has 4 rings (SSSR count). The normalized spacial score (nSPS) is 26.2. The highest BCUT2D eigenvalue weighted by Crippen LogP contribution is 2.38. The van der Waals surface area contributed by atoms with Crippen LogP contribution in [0.15, 0.2) is 28.5 Å². The van der Waals surface area contributed by atoms with Crippen molar-refractivity contribution in [3.05, 3.63) is 50.9 Å². The van der Waals surface area contributed by atoms with E-state index < -0.39 is 15.6 Å². The Kier molecular flexibility index (Phi) is 4.16. The lowest BCUT2D eigenvalue weighted by Crippen LogP contribution is -2.43. The molecule has 0 radical (unpaired) electrons. The van der Waals surface area contributed by atoms with Gasteiger partial charge in [0.2, 0.25) is 0 Å². The Labute approximate surface area is 160 Å². The van der Waals surface area contributed by atoms with Gasteiger partial charge >= 0.3 is 0 Å². The standard InChI is InChI=1S/C17H17ClN2O4S2/c1-17(22)8-19-26(23,24)16-12(17)7-14(25-16)15(21)20-13-5-2-9-6-10(18)3-4-11(9)13/h3-4,6-7,13,19,22H,2,5,8H2,1H3,(H,20,21). The number of fused-ring (bicyclic) bond motifs is 2. The molecule has 0 saturated heterocycles. The molecule has 1 aromatic carbocycles. The highest BCUT2D eigenvalue weighted by Gasteiger charge is 2.40. The number of nitrogens with one attached hydrogen (secondary N) is 2. The second-order valence-electron chi connectivity index (χ2n) is 6.82. The molecule has 0 fully saturated rings. The highest BCUT2D eigenvalue weighted by atomic mass is 35.5. The second-order valence-corrected chi connectivity index (χ2v) is 10.3. The molecular weight excluding hydrogens is 396 g/mol. The van der Waals surface area contributed by atoms with Gasteiger partial charge in [-0.05, 0) is 49.1 Å². The smallest absolute Gasteiger partial charge is 0.261 e. The third kappa shape index (κ3) is 2.95. The molecule has 1 aliphatic heterocycles. The summed E-state index contributed by atoms with van der Waals surface area (Å²) in [5.74, 6) is -0.344. The van der Waals surface area contributed by atoms with Gasteiger partial charge in [0.15, 0.2) is 0 Å². The van der Waals surface area contributed by atoms with Crippen LogP contribution >= 0.6 is 22.9 Å². The van der Waals surface area contributed by atoms with Crippen molar-refractivity contribution in [3.63, 3.8) is 0 Å². The van der Waals surface area contributed by atoms with E-state index in [1.54, 1.807) is 6.07 Å².